The van der Waals surface area contributed by atoms with Crippen molar-refractivity contribution in [2.24, 2.45) is 0 Å². The van der Waals surface area contributed by atoms with E-state index in [1.807, 2.05) is 6.92 Å². The number of nitrogens with zero attached hydrogens (tertiary/aromatic N) is 2. The van der Waals surface area contributed by atoms with E-state index in [9.17, 15) is 0 Å². The summed E-state index contributed by atoms with van der Waals surface area (Å²) in [5.41, 5.74) is 0. The Bertz CT molecular complexity index is 242. The summed E-state index contributed by atoms with van der Waals surface area (Å²) in [4.78, 5) is 0.322. The molecule has 0 aliphatic heterocycles. The Balaban J connectivity index is 2.74. The second kappa shape index (κ2) is 5.02. The maximum absolute atomic E-state index is 5.16. The minimum Gasteiger partial charge on any atom is -0.374 e. The molecule has 0 aliphatic carbocycles. The number of halogens is 1. The van der Waals surface area contributed by atoms with Crippen LogP contribution in [0.4, 0.5) is 0 Å². The van der Waals surface area contributed by atoms with Crippen LogP contribution in [-0.4, -0.2) is 17.3 Å². The molecule has 3 nitrogen and oxygen atoms in total. The number of hydrogen-bond donors (Lipinski definition) is 0. The van der Waals surface area contributed by atoms with Gasteiger partial charge in [0, 0.05) is 7.11 Å². The van der Waals surface area contributed by atoms with Crippen LogP contribution in [0.5, 0.6) is 0 Å². The van der Waals surface area contributed by atoms with E-state index in [-0.39, 0.29) is 6.10 Å². The predicted molar refractivity (Wildman–Crippen MR) is 57.3 cm³/mol. The van der Waals surface area contributed by atoms with Gasteiger partial charge in [0.05, 0.1) is 4.83 Å². The lowest BCUT2D eigenvalue weighted by Gasteiger charge is -2.02. The molecule has 0 fully saturated rings. The van der Waals surface area contributed by atoms with E-state index in [0.717, 1.165) is 16.4 Å². The molecule has 5 heteroatoms. The molecular weight excluding hydrogens is 252 g/mol. The van der Waals surface area contributed by atoms with Crippen molar-refractivity contribution in [3.05, 3.63) is 10.0 Å². The van der Waals surface area contributed by atoms with Crippen LogP contribution in [-0.2, 0) is 4.74 Å². The first-order valence-corrected chi connectivity index (χ1v) is 5.92. The van der Waals surface area contributed by atoms with Crippen LogP contribution in [0.1, 0.15) is 41.2 Å². The molecule has 2 atom stereocenters. The molecule has 1 aromatic heterocycles. The van der Waals surface area contributed by atoms with Crippen molar-refractivity contribution in [2.75, 3.05) is 7.11 Å². The highest BCUT2D eigenvalue weighted by Crippen LogP contribution is 2.30. The van der Waals surface area contributed by atoms with Gasteiger partial charge in [0.25, 0.3) is 0 Å². The van der Waals surface area contributed by atoms with Crippen molar-refractivity contribution < 1.29 is 4.74 Å². The van der Waals surface area contributed by atoms with Crippen LogP contribution in [0.15, 0.2) is 0 Å². The zero-order valence-corrected chi connectivity index (χ0v) is 10.4. The molecule has 0 aliphatic rings. The highest BCUT2D eigenvalue weighted by Gasteiger charge is 2.14. The second-order valence-corrected chi connectivity index (χ2v) is 4.88. The Labute approximate surface area is 90.7 Å². The molecule has 0 aromatic carbocycles. The summed E-state index contributed by atoms with van der Waals surface area (Å²) >= 11 is 5.14. The van der Waals surface area contributed by atoms with Crippen LogP contribution in [0.25, 0.3) is 0 Å². The number of alkyl halides is 1. The van der Waals surface area contributed by atoms with Gasteiger partial charge in [0.1, 0.15) is 16.1 Å². The monoisotopic (exact) mass is 264 g/mol. The number of ether oxygens (including phenoxy) is 1. The first kappa shape index (κ1) is 11.1. The second-order valence-electron chi connectivity index (χ2n) is 2.73. The number of aromatic nitrogens is 2. The molecule has 0 N–H and O–H groups in total. The maximum Gasteiger partial charge on any atom is 0.146 e. The van der Waals surface area contributed by atoms with Gasteiger partial charge in [0.2, 0.25) is 0 Å². The third kappa shape index (κ3) is 2.72. The van der Waals surface area contributed by atoms with Gasteiger partial charge in [-0.25, -0.2) is 0 Å². The summed E-state index contributed by atoms with van der Waals surface area (Å²) in [6, 6.07) is 0. The molecule has 0 bridgehead atoms. The quantitative estimate of drug-likeness (QED) is 0.785. The Morgan fingerprint density at radius 1 is 1.46 bits per heavy atom. The molecule has 0 saturated heterocycles. The van der Waals surface area contributed by atoms with Gasteiger partial charge >= 0.3 is 0 Å². The highest BCUT2D eigenvalue weighted by molar-refractivity contribution is 9.09. The zero-order valence-electron chi connectivity index (χ0n) is 7.95. The van der Waals surface area contributed by atoms with Gasteiger partial charge in [-0.15, -0.1) is 10.2 Å². The standard InChI is InChI=1S/C8H13BrN2OS/c1-4-6(9)8-11-10-7(13-8)5(2)12-3/h5-6H,4H2,1-3H3. The molecule has 1 aromatic rings. The van der Waals surface area contributed by atoms with Crippen LogP contribution < -0.4 is 0 Å². The lowest BCUT2D eigenvalue weighted by atomic mass is 10.4. The molecule has 13 heavy (non-hydrogen) atoms. The molecule has 0 saturated carbocycles. The summed E-state index contributed by atoms with van der Waals surface area (Å²) < 4.78 is 5.16. The summed E-state index contributed by atoms with van der Waals surface area (Å²) in [7, 11) is 1.68. The minimum absolute atomic E-state index is 0.0443. The van der Waals surface area contributed by atoms with Gasteiger partial charge in [-0.05, 0) is 13.3 Å². The SMILES string of the molecule is CCC(Br)c1nnc(C(C)OC)s1. The highest BCUT2D eigenvalue weighted by atomic mass is 79.9. The fraction of sp³-hybridized carbons (Fsp3) is 0.750. The molecule has 2 unspecified atom stereocenters. The maximum atomic E-state index is 5.16. The number of hydrogen-bond acceptors (Lipinski definition) is 4. The average Bonchev–Trinajstić information content (AvgIpc) is 2.64. The molecule has 74 valence electrons. The van der Waals surface area contributed by atoms with E-state index in [4.69, 9.17) is 4.74 Å². The van der Waals surface area contributed by atoms with Crippen molar-refractivity contribution in [3.8, 4) is 0 Å². The van der Waals surface area contributed by atoms with E-state index in [1.165, 1.54) is 0 Å². The van der Waals surface area contributed by atoms with E-state index in [0.29, 0.717) is 4.83 Å². The Kier molecular flexibility index (Phi) is 4.28. The normalized spacial score (nSPS) is 15.7. The smallest absolute Gasteiger partial charge is 0.146 e. The lowest BCUT2D eigenvalue weighted by Crippen LogP contribution is -1.93. The summed E-state index contributed by atoms with van der Waals surface area (Å²) in [5.74, 6) is 0. The Morgan fingerprint density at radius 2 is 2.08 bits per heavy atom. The Hall–Kier alpha value is -0.0000000000000000555. The molecule has 1 heterocycles. The van der Waals surface area contributed by atoms with Gasteiger partial charge in [-0.1, -0.05) is 34.2 Å². The lowest BCUT2D eigenvalue weighted by molar-refractivity contribution is 0.118. The number of methoxy groups -OCH3 is 1. The van der Waals surface area contributed by atoms with E-state index in [2.05, 4.69) is 33.1 Å². The molecule has 0 radical (unpaired) electrons. The van der Waals surface area contributed by atoms with Crippen molar-refractivity contribution in [2.45, 2.75) is 31.2 Å². The largest absolute Gasteiger partial charge is 0.374 e. The molecule has 1 rings (SSSR count). The van der Waals surface area contributed by atoms with Crippen molar-refractivity contribution in [1.29, 1.82) is 0 Å². The first-order chi connectivity index (χ1) is 6.19. The van der Waals surface area contributed by atoms with Crippen LogP contribution in [0, 0.1) is 0 Å². The third-order valence-electron chi connectivity index (χ3n) is 1.78. The minimum atomic E-state index is 0.0443. The van der Waals surface area contributed by atoms with Gasteiger partial charge < -0.3 is 4.74 Å². The first-order valence-electron chi connectivity index (χ1n) is 4.19. The Morgan fingerprint density at radius 3 is 2.62 bits per heavy atom. The van der Waals surface area contributed by atoms with Gasteiger partial charge in [-0.2, -0.15) is 0 Å². The van der Waals surface area contributed by atoms with Crippen molar-refractivity contribution >= 4 is 27.3 Å². The van der Waals surface area contributed by atoms with Crippen molar-refractivity contribution in [1.82, 2.24) is 10.2 Å². The molecule has 0 amide bonds. The fourth-order valence-corrected chi connectivity index (χ4v) is 2.12. The summed E-state index contributed by atoms with van der Waals surface area (Å²) in [6.07, 6.45) is 1.07. The zero-order chi connectivity index (χ0) is 9.84. The number of rotatable bonds is 4. The van der Waals surface area contributed by atoms with Gasteiger partial charge in [0.15, 0.2) is 0 Å². The van der Waals surface area contributed by atoms with Crippen LogP contribution in [0.2, 0.25) is 0 Å². The topological polar surface area (TPSA) is 35.0 Å². The van der Waals surface area contributed by atoms with Crippen molar-refractivity contribution in [3.63, 3.8) is 0 Å². The van der Waals surface area contributed by atoms with Gasteiger partial charge in [-0.3, -0.25) is 0 Å². The van der Waals surface area contributed by atoms with E-state index in [1.54, 1.807) is 18.4 Å². The third-order valence-corrected chi connectivity index (χ3v) is 4.37. The average molecular weight is 265 g/mol. The molecule has 0 spiro atoms. The summed E-state index contributed by atoms with van der Waals surface area (Å²) in [5, 5.41) is 10.1. The van der Waals surface area contributed by atoms with E-state index < -0.39 is 0 Å². The summed E-state index contributed by atoms with van der Waals surface area (Å²) in [6.45, 7) is 4.08. The fourth-order valence-electron chi connectivity index (χ4n) is 0.813. The van der Waals surface area contributed by atoms with E-state index >= 15 is 0 Å². The van der Waals surface area contributed by atoms with Crippen LogP contribution >= 0.6 is 27.3 Å². The predicted octanol–water partition coefficient (Wildman–Crippen LogP) is 3.09. The van der Waals surface area contributed by atoms with Crippen LogP contribution in [0.3, 0.4) is 0 Å². The molecular formula is C8H13BrN2OS.